The molecule has 0 saturated carbocycles. The van der Waals surface area contributed by atoms with Crippen molar-refractivity contribution < 1.29 is 9.13 Å². The van der Waals surface area contributed by atoms with Crippen molar-refractivity contribution in [2.45, 2.75) is 45.3 Å². The molecule has 2 unspecified atom stereocenters. The van der Waals surface area contributed by atoms with Crippen LogP contribution in [0.2, 0.25) is 10.0 Å². The first-order valence-electron chi connectivity index (χ1n) is 10.5. The fourth-order valence-corrected chi connectivity index (χ4v) is 5.44. The van der Waals surface area contributed by atoms with Gasteiger partial charge < -0.3 is 4.74 Å². The van der Waals surface area contributed by atoms with E-state index in [2.05, 4.69) is 15.1 Å². The Kier molecular flexibility index (Phi) is 5.40. The van der Waals surface area contributed by atoms with Crippen molar-refractivity contribution in [3.8, 4) is 11.4 Å². The van der Waals surface area contributed by atoms with Crippen LogP contribution in [-0.4, -0.2) is 38.8 Å². The zero-order chi connectivity index (χ0) is 21.7. The van der Waals surface area contributed by atoms with Crippen molar-refractivity contribution in [2.24, 2.45) is 0 Å². The smallest absolute Gasteiger partial charge is 0.167 e. The van der Waals surface area contributed by atoms with Crippen molar-refractivity contribution in [3.63, 3.8) is 0 Å². The average molecular weight is 461 g/mol. The second-order valence-corrected chi connectivity index (χ2v) is 9.10. The third kappa shape index (κ3) is 3.71. The topological polar surface area (TPSA) is 43.2 Å². The van der Waals surface area contributed by atoms with Gasteiger partial charge in [0.15, 0.2) is 11.6 Å². The fraction of sp³-hybridized carbons (Fsp3) is 0.391. The summed E-state index contributed by atoms with van der Waals surface area (Å²) in [5, 5.41) is 9.31. The first-order chi connectivity index (χ1) is 14.9. The summed E-state index contributed by atoms with van der Waals surface area (Å²) in [6.45, 7) is 5.70. The Hall–Kier alpha value is -2.15. The monoisotopic (exact) mass is 460 g/mol. The van der Waals surface area contributed by atoms with Gasteiger partial charge in [0.25, 0.3) is 0 Å². The summed E-state index contributed by atoms with van der Waals surface area (Å²) >= 11 is 12.8. The Balaban J connectivity index is 1.50. The molecule has 1 saturated heterocycles. The van der Waals surface area contributed by atoms with Crippen LogP contribution in [0.5, 0.6) is 5.75 Å². The van der Waals surface area contributed by atoms with E-state index >= 15 is 4.39 Å². The molecule has 8 heteroatoms. The van der Waals surface area contributed by atoms with Crippen molar-refractivity contribution in [1.82, 2.24) is 19.7 Å². The maximum atomic E-state index is 15.2. The number of hydrogen-bond acceptors (Lipinski definition) is 4. The third-order valence-electron chi connectivity index (χ3n) is 6.29. The molecule has 1 aromatic heterocycles. The highest BCUT2D eigenvalue weighted by molar-refractivity contribution is 6.35. The number of ether oxygens (including phenoxy) is 1. The highest BCUT2D eigenvalue weighted by atomic mass is 35.5. The van der Waals surface area contributed by atoms with Gasteiger partial charge in [-0.15, -0.1) is 10.2 Å². The van der Waals surface area contributed by atoms with Crippen LogP contribution in [-0.2, 0) is 6.42 Å². The SMILES string of the molecule is Cc1nnc(C)n1-c1ccc(OC2c3cc(Cl)cc(Cl)c3CC2N2CCCC2)c(F)c1. The lowest BCUT2D eigenvalue weighted by Crippen LogP contribution is -2.38. The van der Waals surface area contributed by atoms with Crippen LogP contribution < -0.4 is 4.74 Å². The minimum Gasteiger partial charge on any atom is -0.481 e. The molecule has 2 heterocycles. The average Bonchev–Trinajstić information content (AvgIpc) is 3.44. The molecule has 2 aromatic carbocycles. The number of hydrogen-bond donors (Lipinski definition) is 0. The molecule has 2 aliphatic rings. The zero-order valence-corrected chi connectivity index (χ0v) is 18.9. The van der Waals surface area contributed by atoms with Crippen LogP contribution in [0.1, 0.15) is 41.7 Å². The lowest BCUT2D eigenvalue weighted by Gasteiger charge is -2.30. The minimum atomic E-state index is -0.424. The minimum absolute atomic E-state index is 0.106. The maximum Gasteiger partial charge on any atom is 0.167 e. The summed E-state index contributed by atoms with van der Waals surface area (Å²) in [5.41, 5.74) is 2.66. The molecular formula is C23H23Cl2FN4O. The van der Waals surface area contributed by atoms with Crippen molar-refractivity contribution in [3.05, 3.63) is 69.0 Å². The Morgan fingerprint density at radius 1 is 1.03 bits per heavy atom. The van der Waals surface area contributed by atoms with Crippen LogP contribution in [0, 0.1) is 19.7 Å². The fourth-order valence-electron chi connectivity index (χ4n) is 4.86. The predicted molar refractivity (Wildman–Crippen MR) is 119 cm³/mol. The standard InChI is InChI=1S/C23H23Cl2FN4O/c1-13-27-28-14(2)30(13)16-5-6-22(20(26)11-16)31-23-18-9-15(24)10-19(25)17(18)12-21(23)29-7-3-4-8-29/h5-6,9-11,21,23H,3-4,7-8,12H2,1-2H3. The predicted octanol–water partition coefficient (Wildman–Crippen LogP) is 5.47. The molecule has 2 atom stereocenters. The summed E-state index contributed by atoms with van der Waals surface area (Å²) in [4.78, 5) is 2.42. The highest BCUT2D eigenvalue weighted by Gasteiger charge is 2.40. The lowest BCUT2D eigenvalue weighted by molar-refractivity contribution is 0.0906. The second kappa shape index (κ2) is 8.08. The van der Waals surface area contributed by atoms with E-state index in [4.69, 9.17) is 27.9 Å². The van der Waals surface area contributed by atoms with Gasteiger partial charge in [0.1, 0.15) is 17.8 Å². The Bertz CT molecular complexity index is 1120. The number of rotatable bonds is 4. The van der Waals surface area contributed by atoms with E-state index in [-0.39, 0.29) is 17.9 Å². The van der Waals surface area contributed by atoms with Crippen LogP contribution in [0.3, 0.4) is 0 Å². The normalized spacial score (nSPS) is 20.9. The lowest BCUT2D eigenvalue weighted by atomic mass is 10.1. The zero-order valence-electron chi connectivity index (χ0n) is 17.4. The van der Waals surface area contributed by atoms with Crippen LogP contribution >= 0.6 is 23.2 Å². The summed E-state index contributed by atoms with van der Waals surface area (Å²) in [7, 11) is 0. The number of nitrogens with zero attached hydrogens (tertiary/aromatic N) is 4. The van der Waals surface area contributed by atoms with Gasteiger partial charge >= 0.3 is 0 Å². The number of fused-ring (bicyclic) bond motifs is 1. The van der Waals surface area contributed by atoms with Gasteiger partial charge in [0, 0.05) is 21.7 Å². The molecule has 0 N–H and O–H groups in total. The molecule has 5 rings (SSSR count). The van der Waals surface area contributed by atoms with E-state index in [1.165, 1.54) is 6.07 Å². The van der Waals surface area contributed by atoms with E-state index in [9.17, 15) is 0 Å². The van der Waals surface area contributed by atoms with E-state index < -0.39 is 5.82 Å². The van der Waals surface area contributed by atoms with Crippen LogP contribution in [0.15, 0.2) is 30.3 Å². The number of halogens is 3. The van der Waals surface area contributed by atoms with Gasteiger partial charge in [0.2, 0.25) is 0 Å². The molecule has 3 aromatic rings. The van der Waals surface area contributed by atoms with Gasteiger partial charge in [-0.25, -0.2) is 4.39 Å². The molecule has 0 spiro atoms. The van der Waals surface area contributed by atoms with Crippen molar-refractivity contribution >= 4 is 23.2 Å². The molecule has 0 radical (unpaired) electrons. The molecule has 5 nitrogen and oxygen atoms in total. The summed E-state index contributed by atoms with van der Waals surface area (Å²) < 4.78 is 23.3. The van der Waals surface area contributed by atoms with Gasteiger partial charge in [-0.3, -0.25) is 9.47 Å². The van der Waals surface area contributed by atoms with Gasteiger partial charge in [-0.1, -0.05) is 23.2 Å². The maximum absolute atomic E-state index is 15.2. The molecular weight excluding hydrogens is 438 g/mol. The van der Waals surface area contributed by atoms with E-state index in [1.807, 2.05) is 30.5 Å². The number of benzene rings is 2. The summed E-state index contributed by atoms with van der Waals surface area (Å²) in [5.74, 6) is 1.19. The van der Waals surface area contributed by atoms with Gasteiger partial charge in [-0.05, 0) is 76.0 Å². The largest absolute Gasteiger partial charge is 0.481 e. The number of likely N-dealkylation sites (tertiary alicyclic amines) is 1. The van der Waals surface area contributed by atoms with Gasteiger partial charge in [-0.2, -0.15) is 0 Å². The third-order valence-corrected chi connectivity index (χ3v) is 6.84. The Labute approximate surface area is 190 Å². The quantitative estimate of drug-likeness (QED) is 0.517. The molecule has 1 fully saturated rings. The molecule has 162 valence electrons. The van der Waals surface area contributed by atoms with E-state index in [1.54, 1.807) is 12.1 Å². The first kappa shape index (κ1) is 20.7. The molecule has 1 aliphatic heterocycles. The van der Waals surface area contributed by atoms with Crippen LogP contribution in [0.4, 0.5) is 4.39 Å². The highest BCUT2D eigenvalue weighted by Crippen LogP contribution is 2.43. The second-order valence-electron chi connectivity index (χ2n) is 8.25. The molecule has 1 aliphatic carbocycles. The number of aromatic nitrogens is 3. The molecule has 0 amide bonds. The van der Waals surface area contributed by atoms with Crippen molar-refractivity contribution in [2.75, 3.05) is 13.1 Å². The Morgan fingerprint density at radius 3 is 2.42 bits per heavy atom. The number of aryl methyl sites for hydroxylation is 2. The Morgan fingerprint density at radius 2 is 1.74 bits per heavy atom. The first-order valence-corrected chi connectivity index (χ1v) is 11.2. The molecule has 0 bridgehead atoms. The molecule has 31 heavy (non-hydrogen) atoms. The van der Waals surface area contributed by atoms with Crippen LogP contribution in [0.25, 0.3) is 5.69 Å². The van der Waals surface area contributed by atoms with E-state index in [0.29, 0.717) is 27.4 Å². The van der Waals surface area contributed by atoms with E-state index in [0.717, 1.165) is 43.5 Å². The van der Waals surface area contributed by atoms with Gasteiger partial charge in [0.05, 0.1) is 11.7 Å². The summed E-state index contributed by atoms with van der Waals surface area (Å²) in [6, 6.07) is 8.74. The van der Waals surface area contributed by atoms with Crippen molar-refractivity contribution in [1.29, 1.82) is 0 Å². The summed E-state index contributed by atoms with van der Waals surface area (Å²) in [6.07, 6.45) is 2.77.